The number of rotatable bonds is 3. The molecule has 1 fully saturated rings. The molecule has 6 nitrogen and oxygen atoms in total. The highest BCUT2D eigenvalue weighted by molar-refractivity contribution is 7.88. The van der Waals surface area contributed by atoms with Crippen LogP contribution in [0.5, 0.6) is 0 Å². The summed E-state index contributed by atoms with van der Waals surface area (Å²) in [5.74, 6) is 0.135. The van der Waals surface area contributed by atoms with E-state index in [1.807, 2.05) is 13.8 Å². The summed E-state index contributed by atoms with van der Waals surface area (Å²) in [6.45, 7) is 4.14. The minimum Gasteiger partial charge on any atom is -0.255 e. The maximum atomic E-state index is 14.0. The van der Waals surface area contributed by atoms with Gasteiger partial charge in [-0.2, -0.15) is 4.31 Å². The number of alkyl halides is 1. The Labute approximate surface area is 112 Å². The Morgan fingerprint density at radius 3 is 2.63 bits per heavy atom. The quantitative estimate of drug-likeness (QED) is 0.826. The first-order valence-corrected chi connectivity index (χ1v) is 7.76. The summed E-state index contributed by atoms with van der Waals surface area (Å²) in [6.07, 6.45) is 0.721. The molecule has 0 unspecified atom stereocenters. The summed E-state index contributed by atoms with van der Waals surface area (Å²) in [5, 5.41) is 3.53. The van der Waals surface area contributed by atoms with Crippen LogP contribution in [0.15, 0.2) is 11.5 Å². The highest BCUT2D eigenvalue weighted by Gasteiger charge is 2.38. The first-order chi connectivity index (χ1) is 8.82. The maximum Gasteiger partial charge on any atom is 0.282 e. The molecule has 0 aliphatic carbocycles. The Bertz CT molecular complexity index is 543. The van der Waals surface area contributed by atoms with Gasteiger partial charge in [0, 0.05) is 20.1 Å². The Morgan fingerprint density at radius 2 is 2.16 bits per heavy atom. The molecule has 2 heterocycles. The topological polar surface area (TPSA) is 68.1 Å². The molecule has 0 radical (unpaired) electrons. The van der Waals surface area contributed by atoms with Gasteiger partial charge in [0.1, 0.15) is 12.5 Å². The monoisotopic (exact) mass is 290 g/mol. The summed E-state index contributed by atoms with van der Waals surface area (Å²) in [7, 11) is -2.18. The smallest absolute Gasteiger partial charge is 0.255 e. The van der Waals surface area contributed by atoms with E-state index >= 15 is 0 Å². The number of piperidine rings is 1. The van der Waals surface area contributed by atoms with Crippen LogP contribution in [-0.2, 0) is 17.1 Å². The van der Waals surface area contributed by atoms with Crippen LogP contribution in [0.3, 0.4) is 0 Å². The number of aromatic nitrogens is 3. The molecule has 0 bridgehead atoms. The second-order valence-corrected chi connectivity index (χ2v) is 7.11. The van der Waals surface area contributed by atoms with Crippen LogP contribution in [0.4, 0.5) is 4.39 Å². The fraction of sp³-hybridized carbons (Fsp3) is 0.818. The number of halogens is 1. The fourth-order valence-electron chi connectivity index (χ4n) is 2.42. The molecule has 1 aromatic rings. The Kier molecular flexibility index (Phi) is 3.91. The van der Waals surface area contributed by atoms with Crippen molar-refractivity contribution in [2.24, 2.45) is 18.9 Å². The van der Waals surface area contributed by atoms with Crippen molar-refractivity contribution in [2.75, 3.05) is 13.1 Å². The van der Waals surface area contributed by atoms with Crippen molar-refractivity contribution in [3.63, 3.8) is 0 Å². The zero-order chi connectivity index (χ0) is 14.2. The van der Waals surface area contributed by atoms with Crippen LogP contribution >= 0.6 is 0 Å². The molecule has 2 rings (SSSR count). The van der Waals surface area contributed by atoms with Crippen LogP contribution in [0.25, 0.3) is 0 Å². The Balaban J connectivity index is 2.16. The summed E-state index contributed by atoms with van der Waals surface area (Å²) >= 11 is 0. The van der Waals surface area contributed by atoms with Crippen LogP contribution in [-0.4, -0.2) is 46.7 Å². The summed E-state index contributed by atoms with van der Waals surface area (Å²) in [4.78, 5) is 3.74. The van der Waals surface area contributed by atoms with Crippen LogP contribution in [0.1, 0.15) is 20.3 Å². The summed E-state index contributed by atoms with van der Waals surface area (Å²) in [5.41, 5.74) is 0. The molecule has 0 amide bonds. The standard InChI is InChI=1S/C11H19FN4O2S/c1-8(2)9-4-5-16(6-10(9)12)19(17,18)11-13-7-15(3)14-11/h7-10H,4-6H2,1-3H3/t9-,10+/m1/s1. The third-order valence-electron chi connectivity index (χ3n) is 3.56. The molecule has 2 atom stereocenters. The van der Waals surface area contributed by atoms with E-state index in [9.17, 15) is 12.8 Å². The van der Waals surface area contributed by atoms with Gasteiger partial charge < -0.3 is 0 Å². The fourth-order valence-corrected chi connectivity index (χ4v) is 3.75. The SMILES string of the molecule is CC(C)[C@H]1CCN(S(=O)(=O)c2ncn(C)n2)C[C@@H]1F. The third-order valence-corrected chi connectivity index (χ3v) is 5.22. The lowest BCUT2D eigenvalue weighted by Crippen LogP contribution is -2.46. The number of hydrogen-bond acceptors (Lipinski definition) is 4. The van der Waals surface area contributed by atoms with Crippen molar-refractivity contribution in [1.29, 1.82) is 0 Å². The van der Waals surface area contributed by atoms with Crippen LogP contribution in [0.2, 0.25) is 0 Å². The van der Waals surface area contributed by atoms with Gasteiger partial charge in [-0.25, -0.2) is 17.8 Å². The molecular weight excluding hydrogens is 271 g/mol. The van der Waals surface area contributed by atoms with Crippen molar-refractivity contribution in [3.8, 4) is 0 Å². The number of hydrogen-bond donors (Lipinski definition) is 0. The van der Waals surface area contributed by atoms with Crippen molar-refractivity contribution in [2.45, 2.75) is 31.6 Å². The Hall–Kier alpha value is -1.02. The van der Waals surface area contributed by atoms with E-state index in [0.29, 0.717) is 13.0 Å². The Morgan fingerprint density at radius 1 is 1.47 bits per heavy atom. The lowest BCUT2D eigenvalue weighted by molar-refractivity contribution is 0.101. The summed E-state index contributed by atoms with van der Waals surface area (Å²) < 4.78 is 41.0. The van der Waals surface area contributed by atoms with Gasteiger partial charge in [-0.1, -0.05) is 13.8 Å². The van der Waals surface area contributed by atoms with Gasteiger partial charge in [-0.3, -0.25) is 4.68 Å². The molecule has 1 aliphatic heterocycles. The predicted octanol–water partition coefficient (Wildman–Crippen LogP) is 0.820. The molecular formula is C11H19FN4O2S. The zero-order valence-electron chi connectivity index (χ0n) is 11.3. The van der Waals surface area contributed by atoms with Gasteiger partial charge in [0.15, 0.2) is 0 Å². The van der Waals surface area contributed by atoms with E-state index in [-0.39, 0.29) is 23.5 Å². The van der Waals surface area contributed by atoms with Crippen molar-refractivity contribution in [1.82, 2.24) is 19.1 Å². The highest BCUT2D eigenvalue weighted by atomic mass is 32.2. The highest BCUT2D eigenvalue weighted by Crippen LogP contribution is 2.29. The number of sulfonamides is 1. The first kappa shape index (κ1) is 14.4. The third kappa shape index (κ3) is 2.79. The van der Waals surface area contributed by atoms with E-state index in [1.165, 1.54) is 11.0 Å². The second-order valence-electron chi connectivity index (χ2n) is 5.28. The minimum atomic E-state index is -3.77. The van der Waals surface area contributed by atoms with Crippen molar-refractivity contribution >= 4 is 10.0 Å². The number of nitrogens with zero attached hydrogens (tertiary/aromatic N) is 4. The largest absolute Gasteiger partial charge is 0.282 e. The van der Waals surface area contributed by atoms with E-state index in [1.54, 1.807) is 7.05 Å². The molecule has 0 N–H and O–H groups in total. The minimum absolute atomic E-state index is 0.0804. The lowest BCUT2D eigenvalue weighted by Gasteiger charge is -2.35. The van der Waals surface area contributed by atoms with Crippen LogP contribution in [0, 0.1) is 11.8 Å². The molecule has 1 saturated heterocycles. The zero-order valence-corrected chi connectivity index (χ0v) is 12.1. The maximum absolute atomic E-state index is 14.0. The molecule has 1 aromatic heterocycles. The van der Waals surface area contributed by atoms with Gasteiger partial charge in [0.2, 0.25) is 0 Å². The predicted molar refractivity (Wildman–Crippen MR) is 67.6 cm³/mol. The van der Waals surface area contributed by atoms with E-state index in [0.717, 1.165) is 4.31 Å². The second kappa shape index (κ2) is 5.16. The summed E-state index contributed by atoms with van der Waals surface area (Å²) in [6, 6.07) is 0. The first-order valence-electron chi connectivity index (χ1n) is 6.32. The molecule has 0 saturated carbocycles. The van der Waals surface area contributed by atoms with E-state index < -0.39 is 16.2 Å². The number of aryl methyl sites for hydroxylation is 1. The van der Waals surface area contributed by atoms with Gasteiger partial charge >= 0.3 is 0 Å². The molecule has 8 heteroatoms. The molecule has 1 aliphatic rings. The molecule has 0 spiro atoms. The normalized spacial score (nSPS) is 25.9. The van der Waals surface area contributed by atoms with Gasteiger partial charge in [0.05, 0.1) is 0 Å². The van der Waals surface area contributed by atoms with Crippen LogP contribution < -0.4 is 0 Å². The van der Waals surface area contributed by atoms with Gasteiger partial charge in [-0.05, 0) is 18.3 Å². The lowest BCUT2D eigenvalue weighted by atomic mass is 9.86. The van der Waals surface area contributed by atoms with Crippen molar-refractivity contribution in [3.05, 3.63) is 6.33 Å². The average Bonchev–Trinajstić information content (AvgIpc) is 2.76. The van der Waals surface area contributed by atoms with Gasteiger partial charge in [-0.15, -0.1) is 5.10 Å². The molecule has 0 aromatic carbocycles. The average molecular weight is 290 g/mol. The van der Waals surface area contributed by atoms with E-state index in [2.05, 4.69) is 10.1 Å². The van der Waals surface area contributed by atoms with Crippen molar-refractivity contribution < 1.29 is 12.8 Å². The molecule has 108 valence electrons. The van der Waals surface area contributed by atoms with Gasteiger partial charge in [0.25, 0.3) is 15.2 Å². The van der Waals surface area contributed by atoms with E-state index in [4.69, 9.17) is 0 Å². The molecule has 19 heavy (non-hydrogen) atoms.